The summed E-state index contributed by atoms with van der Waals surface area (Å²) in [6.07, 6.45) is 3.78. The Kier molecular flexibility index (Phi) is 6.18. The second kappa shape index (κ2) is 8.46. The monoisotopic (exact) mass is 413 g/mol. The van der Waals surface area contributed by atoms with E-state index in [-0.39, 0.29) is 24.1 Å². The molecule has 0 saturated heterocycles. The Labute approximate surface area is 176 Å². The topological polar surface area (TPSA) is 66.9 Å². The quantitative estimate of drug-likeness (QED) is 0.592. The number of aromatic nitrogens is 2. The lowest BCUT2D eigenvalue weighted by atomic mass is 10.0. The van der Waals surface area contributed by atoms with Crippen molar-refractivity contribution in [1.82, 2.24) is 14.9 Å². The van der Waals surface area contributed by atoms with Crippen LogP contribution >= 0.6 is 11.6 Å². The summed E-state index contributed by atoms with van der Waals surface area (Å²) in [5.74, 6) is -0.232. The molecule has 0 aliphatic carbocycles. The highest BCUT2D eigenvalue weighted by molar-refractivity contribution is 6.32. The highest BCUT2D eigenvalue weighted by atomic mass is 35.5. The number of rotatable bonds is 6. The lowest BCUT2D eigenvalue weighted by molar-refractivity contribution is 0.0952. The van der Waals surface area contributed by atoms with Gasteiger partial charge in [-0.25, -0.2) is 0 Å². The molecule has 0 atom stereocenters. The van der Waals surface area contributed by atoms with Gasteiger partial charge < -0.3 is 14.9 Å². The summed E-state index contributed by atoms with van der Waals surface area (Å²) in [7, 11) is 0. The van der Waals surface area contributed by atoms with E-state index in [1.807, 2.05) is 32.2 Å². The van der Waals surface area contributed by atoms with Crippen molar-refractivity contribution < 1.29 is 4.79 Å². The second-order valence-corrected chi connectivity index (χ2v) is 8.31. The number of hydrogen-bond acceptors (Lipinski definition) is 2. The molecule has 0 spiro atoms. The van der Waals surface area contributed by atoms with Crippen molar-refractivity contribution >= 4 is 28.4 Å². The molecule has 0 radical (unpaired) electrons. The summed E-state index contributed by atoms with van der Waals surface area (Å²) in [6, 6.07) is 5.83. The molecule has 2 N–H and O–H groups in total. The van der Waals surface area contributed by atoms with Gasteiger partial charge in [0.2, 0.25) is 0 Å². The van der Waals surface area contributed by atoms with Gasteiger partial charge in [0.25, 0.3) is 11.5 Å². The Morgan fingerprint density at radius 1 is 1.24 bits per heavy atom. The molecule has 2 aromatic heterocycles. The number of hydrogen-bond donors (Lipinski definition) is 2. The molecule has 1 aromatic carbocycles. The van der Waals surface area contributed by atoms with Crippen molar-refractivity contribution in [2.45, 2.75) is 60.0 Å². The van der Waals surface area contributed by atoms with E-state index in [9.17, 15) is 9.59 Å². The number of amides is 1. The van der Waals surface area contributed by atoms with Crippen LogP contribution in [0.25, 0.3) is 10.9 Å². The largest absolute Gasteiger partial charge is 0.348 e. The fraction of sp³-hybridized carbons (Fsp3) is 0.391. The van der Waals surface area contributed by atoms with Gasteiger partial charge in [-0.3, -0.25) is 9.59 Å². The minimum absolute atomic E-state index is 0.146. The molecular weight excluding hydrogens is 386 g/mol. The molecule has 2 heterocycles. The van der Waals surface area contributed by atoms with E-state index in [0.717, 1.165) is 40.6 Å². The predicted octanol–water partition coefficient (Wildman–Crippen LogP) is 5.06. The Morgan fingerprint density at radius 2 is 1.97 bits per heavy atom. The number of benzene rings is 1. The maximum absolute atomic E-state index is 13.1. The van der Waals surface area contributed by atoms with Crippen molar-refractivity contribution in [2.75, 3.05) is 0 Å². The number of halogens is 1. The van der Waals surface area contributed by atoms with Crippen molar-refractivity contribution in [3.8, 4) is 0 Å². The summed E-state index contributed by atoms with van der Waals surface area (Å²) in [4.78, 5) is 28.4. The third-order valence-electron chi connectivity index (χ3n) is 5.20. The number of carbonyl (C=O) groups excluding carboxylic acids is 1. The fourth-order valence-electron chi connectivity index (χ4n) is 3.89. The number of nitrogens with zero attached hydrogens (tertiary/aromatic N) is 1. The molecule has 3 rings (SSSR count). The summed E-state index contributed by atoms with van der Waals surface area (Å²) in [6.45, 7) is 10.3. The summed E-state index contributed by atoms with van der Waals surface area (Å²) in [5.41, 5.74) is 4.77. The van der Waals surface area contributed by atoms with Gasteiger partial charge in [-0.1, -0.05) is 24.9 Å². The van der Waals surface area contributed by atoms with Crippen molar-refractivity contribution in [2.24, 2.45) is 0 Å². The molecule has 6 heteroatoms. The smallest absolute Gasteiger partial charge is 0.253 e. The third-order valence-corrected chi connectivity index (χ3v) is 5.41. The number of carbonyl (C=O) groups is 1. The van der Waals surface area contributed by atoms with Crippen LogP contribution in [0.3, 0.4) is 0 Å². The van der Waals surface area contributed by atoms with Gasteiger partial charge in [-0.15, -0.1) is 0 Å². The lowest BCUT2D eigenvalue weighted by Gasteiger charge is -2.13. The van der Waals surface area contributed by atoms with Crippen molar-refractivity contribution in [1.29, 1.82) is 0 Å². The normalized spacial score (nSPS) is 11.4. The highest BCUT2D eigenvalue weighted by Gasteiger charge is 2.18. The van der Waals surface area contributed by atoms with Crippen LogP contribution in [0.15, 0.2) is 29.2 Å². The van der Waals surface area contributed by atoms with Crippen LogP contribution in [0.2, 0.25) is 5.02 Å². The van der Waals surface area contributed by atoms with E-state index in [1.54, 1.807) is 6.07 Å². The number of pyridine rings is 1. The van der Waals surface area contributed by atoms with Crippen LogP contribution in [0.5, 0.6) is 0 Å². The molecule has 0 unspecified atom stereocenters. The lowest BCUT2D eigenvalue weighted by Crippen LogP contribution is -2.28. The molecule has 29 heavy (non-hydrogen) atoms. The molecule has 0 aliphatic rings. The number of fused-ring (bicyclic) bond motifs is 1. The molecular formula is C23H28ClN3O2. The minimum atomic E-state index is -0.232. The first-order valence-corrected chi connectivity index (χ1v) is 10.4. The summed E-state index contributed by atoms with van der Waals surface area (Å²) < 4.78 is 2.12. The van der Waals surface area contributed by atoms with E-state index < -0.39 is 0 Å². The Bertz CT molecular complexity index is 1130. The number of aromatic amines is 1. The van der Waals surface area contributed by atoms with Crippen LogP contribution in [-0.2, 0) is 13.0 Å². The second-order valence-electron chi connectivity index (χ2n) is 7.88. The molecule has 5 nitrogen and oxygen atoms in total. The molecule has 3 aromatic rings. The van der Waals surface area contributed by atoms with Crippen molar-refractivity contribution in [3.05, 3.63) is 67.7 Å². The number of nitrogens with one attached hydrogen (secondary N) is 2. The molecule has 0 fully saturated rings. The van der Waals surface area contributed by atoms with Gasteiger partial charge in [-0.05, 0) is 63.4 Å². The Morgan fingerprint density at radius 3 is 2.62 bits per heavy atom. The Hall–Kier alpha value is -2.53. The molecule has 154 valence electrons. The predicted molar refractivity (Wildman–Crippen MR) is 119 cm³/mol. The van der Waals surface area contributed by atoms with Crippen LogP contribution in [0, 0.1) is 13.8 Å². The van der Waals surface area contributed by atoms with Crippen LogP contribution in [0.1, 0.15) is 66.0 Å². The zero-order valence-electron chi connectivity index (χ0n) is 17.6. The zero-order valence-corrected chi connectivity index (χ0v) is 18.4. The third kappa shape index (κ3) is 4.25. The standard InChI is InChI=1S/C23H28ClN3O2/c1-6-7-16-8-15(5)26-23(29)19(16)11-25-22(28)18-9-17(24)10-20-21(18)14(4)12-27(20)13(2)3/h8-10,12-13H,6-7,11H2,1-5H3,(H,25,28)(H,26,29). The average Bonchev–Trinajstić information content (AvgIpc) is 2.97. The first kappa shape index (κ1) is 21.2. The van der Waals surface area contributed by atoms with Gasteiger partial charge in [0.1, 0.15) is 0 Å². The number of H-pyrrole nitrogens is 1. The van der Waals surface area contributed by atoms with Crippen LogP contribution < -0.4 is 10.9 Å². The minimum Gasteiger partial charge on any atom is -0.348 e. The van der Waals surface area contributed by atoms with E-state index in [4.69, 9.17) is 11.6 Å². The average molecular weight is 414 g/mol. The molecule has 0 bridgehead atoms. The van der Waals surface area contributed by atoms with Crippen molar-refractivity contribution in [3.63, 3.8) is 0 Å². The van der Waals surface area contributed by atoms with Gasteiger partial charge >= 0.3 is 0 Å². The van der Waals surface area contributed by atoms with Gasteiger partial charge in [0, 0.05) is 40.4 Å². The first-order valence-electron chi connectivity index (χ1n) is 10.0. The van der Waals surface area contributed by atoms with E-state index >= 15 is 0 Å². The maximum atomic E-state index is 13.1. The number of aryl methyl sites for hydroxylation is 3. The van der Waals surface area contributed by atoms with E-state index in [2.05, 4.69) is 35.6 Å². The summed E-state index contributed by atoms with van der Waals surface area (Å²) in [5, 5.41) is 4.34. The highest BCUT2D eigenvalue weighted by Crippen LogP contribution is 2.30. The van der Waals surface area contributed by atoms with Crippen LogP contribution in [0.4, 0.5) is 0 Å². The summed E-state index contributed by atoms with van der Waals surface area (Å²) >= 11 is 6.33. The molecule has 0 aliphatic heterocycles. The van der Waals surface area contributed by atoms with Crippen LogP contribution in [-0.4, -0.2) is 15.5 Å². The molecule has 0 saturated carbocycles. The Balaban J connectivity index is 1.97. The SMILES string of the molecule is CCCc1cc(C)[nH]c(=O)c1CNC(=O)c1cc(Cl)cc2c1c(C)cn2C(C)C. The van der Waals surface area contributed by atoms with Gasteiger partial charge in [0.05, 0.1) is 11.1 Å². The maximum Gasteiger partial charge on any atom is 0.253 e. The van der Waals surface area contributed by atoms with E-state index in [1.165, 1.54) is 0 Å². The van der Waals surface area contributed by atoms with Gasteiger partial charge in [0.15, 0.2) is 0 Å². The zero-order chi connectivity index (χ0) is 21.3. The molecule has 1 amide bonds. The first-order chi connectivity index (χ1) is 13.7. The van der Waals surface area contributed by atoms with E-state index in [0.29, 0.717) is 16.1 Å². The van der Waals surface area contributed by atoms with Gasteiger partial charge in [-0.2, -0.15) is 0 Å². The fourth-order valence-corrected chi connectivity index (χ4v) is 4.11.